The Morgan fingerprint density at radius 3 is 2.39 bits per heavy atom. The molecule has 0 bridgehead atoms. The lowest BCUT2D eigenvalue weighted by Crippen LogP contribution is -2.07. The fourth-order valence-electron chi connectivity index (χ4n) is 2.03. The van der Waals surface area contributed by atoms with Gasteiger partial charge in [0, 0.05) is 18.2 Å². The third-order valence-electron chi connectivity index (χ3n) is 3.08. The van der Waals surface area contributed by atoms with Gasteiger partial charge in [-0.05, 0) is 24.3 Å². The molecule has 2 aromatic heterocycles. The molecule has 23 heavy (non-hydrogen) atoms. The van der Waals surface area contributed by atoms with E-state index < -0.39 is 16.8 Å². The summed E-state index contributed by atoms with van der Waals surface area (Å²) >= 11 is 0. The zero-order valence-electron chi connectivity index (χ0n) is 11.3. The van der Waals surface area contributed by atoms with Crippen molar-refractivity contribution in [2.45, 2.75) is 6.18 Å². The van der Waals surface area contributed by atoms with E-state index in [1.807, 2.05) is 0 Å². The summed E-state index contributed by atoms with van der Waals surface area (Å²) in [6.45, 7) is 0. The third-order valence-corrected chi connectivity index (χ3v) is 3.08. The molecule has 9 heteroatoms. The van der Waals surface area contributed by atoms with Gasteiger partial charge < -0.3 is 4.42 Å². The molecule has 3 rings (SSSR count). The van der Waals surface area contributed by atoms with Crippen molar-refractivity contribution in [2.24, 2.45) is 0 Å². The van der Waals surface area contributed by atoms with Crippen molar-refractivity contribution in [3.8, 4) is 17.1 Å². The number of benzene rings is 1. The summed E-state index contributed by atoms with van der Waals surface area (Å²) < 4.78 is 44.9. The SMILES string of the molecule is O=[N+]([O-])c1ccc(-n2nc(C(F)(F)F)cc2-c2ccco2)cc1. The molecule has 0 aliphatic rings. The topological polar surface area (TPSA) is 74.1 Å². The first kappa shape index (κ1) is 14.8. The van der Waals surface area contributed by atoms with Gasteiger partial charge in [0.15, 0.2) is 11.5 Å². The molecule has 0 N–H and O–H groups in total. The maximum Gasteiger partial charge on any atom is 0.435 e. The number of nitrogens with zero attached hydrogens (tertiary/aromatic N) is 3. The van der Waals surface area contributed by atoms with Crippen molar-refractivity contribution in [3.63, 3.8) is 0 Å². The Balaban J connectivity index is 2.13. The average molecular weight is 323 g/mol. The van der Waals surface area contributed by atoms with E-state index in [1.54, 1.807) is 0 Å². The van der Waals surface area contributed by atoms with Crippen molar-refractivity contribution in [1.29, 1.82) is 0 Å². The van der Waals surface area contributed by atoms with Gasteiger partial charge >= 0.3 is 6.18 Å². The van der Waals surface area contributed by atoms with Crippen LogP contribution in [0.4, 0.5) is 18.9 Å². The Hall–Kier alpha value is -3.10. The fraction of sp³-hybridized carbons (Fsp3) is 0.0714. The second kappa shape index (κ2) is 5.27. The molecule has 0 saturated carbocycles. The second-order valence-electron chi connectivity index (χ2n) is 4.58. The smallest absolute Gasteiger partial charge is 0.435 e. The molecule has 0 aliphatic carbocycles. The van der Waals surface area contributed by atoms with Crippen LogP contribution in [0.5, 0.6) is 0 Å². The van der Waals surface area contributed by atoms with Crippen LogP contribution in [0.25, 0.3) is 17.1 Å². The first-order valence-corrected chi connectivity index (χ1v) is 6.32. The van der Waals surface area contributed by atoms with Crippen LogP contribution < -0.4 is 0 Å². The highest BCUT2D eigenvalue weighted by atomic mass is 19.4. The summed E-state index contributed by atoms with van der Waals surface area (Å²) in [7, 11) is 0. The van der Waals surface area contributed by atoms with Gasteiger partial charge in [-0.25, -0.2) is 4.68 Å². The molecule has 3 aromatic rings. The van der Waals surface area contributed by atoms with Crippen LogP contribution >= 0.6 is 0 Å². The maximum atomic E-state index is 12.9. The number of nitro groups is 1. The van der Waals surface area contributed by atoms with Crippen LogP contribution in [0.3, 0.4) is 0 Å². The molecule has 0 aliphatic heterocycles. The normalized spacial score (nSPS) is 11.6. The number of hydrogen-bond acceptors (Lipinski definition) is 4. The van der Waals surface area contributed by atoms with Crippen molar-refractivity contribution in [2.75, 3.05) is 0 Å². The summed E-state index contributed by atoms with van der Waals surface area (Å²) in [5.41, 5.74) is -0.910. The molecule has 2 heterocycles. The van der Waals surface area contributed by atoms with Crippen molar-refractivity contribution in [3.05, 3.63) is 64.5 Å². The van der Waals surface area contributed by atoms with Gasteiger partial charge in [-0.3, -0.25) is 10.1 Å². The van der Waals surface area contributed by atoms with Crippen LogP contribution in [0.1, 0.15) is 5.69 Å². The zero-order chi connectivity index (χ0) is 16.6. The van der Waals surface area contributed by atoms with E-state index in [2.05, 4.69) is 5.10 Å². The van der Waals surface area contributed by atoms with Gasteiger partial charge in [-0.1, -0.05) is 0 Å². The van der Waals surface area contributed by atoms with Gasteiger partial charge in [0.2, 0.25) is 0 Å². The third kappa shape index (κ3) is 2.80. The highest BCUT2D eigenvalue weighted by molar-refractivity contribution is 5.57. The van der Waals surface area contributed by atoms with Gasteiger partial charge in [-0.2, -0.15) is 18.3 Å². The summed E-state index contributed by atoms with van der Waals surface area (Å²) in [5, 5.41) is 14.2. The lowest BCUT2D eigenvalue weighted by atomic mass is 10.2. The van der Waals surface area contributed by atoms with E-state index in [4.69, 9.17) is 4.42 Å². The first-order chi connectivity index (χ1) is 10.9. The average Bonchev–Trinajstić information content (AvgIpc) is 3.15. The lowest BCUT2D eigenvalue weighted by Gasteiger charge is -2.05. The fourth-order valence-corrected chi connectivity index (χ4v) is 2.03. The molecule has 1 aromatic carbocycles. The number of halogens is 3. The van der Waals surface area contributed by atoms with Crippen LogP contribution in [0, 0.1) is 10.1 Å². The molecule has 0 spiro atoms. The van der Waals surface area contributed by atoms with Gasteiger partial charge in [0.05, 0.1) is 16.9 Å². The quantitative estimate of drug-likeness (QED) is 0.538. The number of furan rings is 1. The number of non-ortho nitro benzene ring substituents is 1. The Labute approximate surface area is 126 Å². The van der Waals surface area contributed by atoms with Crippen molar-refractivity contribution < 1.29 is 22.5 Å². The van der Waals surface area contributed by atoms with Gasteiger partial charge in [0.25, 0.3) is 5.69 Å². The van der Waals surface area contributed by atoms with E-state index in [0.29, 0.717) is 0 Å². The number of hydrogen-bond donors (Lipinski definition) is 0. The summed E-state index contributed by atoms with van der Waals surface area (Å²) in [6, 6.07) is 8.91. The van der Waals surface area contributed by atoms with E-state index in [9.17, 15) is 23.3 Å². The summed E-state index contributed by atoms with van der Waals surface area (Å²) in [5.74, 6) is 0.200. The highest BCUT2D eigenvalue weighted by Gasteiger charge is 2.35. The number of alkyl halides is 3. The monoisotopic (exact) mass is 323 g/mol. The zero-order valence-corrected chi connectivity index (χ0v) is 11.3. The minimum Gasteiger partial charge on any atom is -0.463 e. The van der Waals surface area contributed by atoms with Gasteiger partial charge in [0.1, 0.15) is 5.69 Å². The molecule has 118 valence electrons. The maximum absolute atomic E-state index is 12.9. The predicted molar refractivity (Wildman–Crippen MR) is 72.9 cm³/mol. The molecular formula is C14H8F3N3O3. The van der Waals surface area contributed by atoms with E-state index in [-0.39, 0.29) is 22.8 Å². The number of rotatable bonds is 3. The molecular weight excluding hydrogens is 315 g/mol. The Bertz CT molecular complexity index is 837. The van der Waals surface area contributed by atoms with Crippen LogP contribution in [0.15, 0.2) is 53.1 Å². The molecule has 0 atom stereocenters. The standard InChI is InChI=1S/C14H8F3N3O3/c15-14(16,17)13-8-11(12-2-1-7-23-12)19(18-13)9-3-5-10(6-4-9)20(21)22/h1-8H. The van der Waals surface area contributed by atoms with E-state index in [1.165, 1.54) is 42.7 Å². The molecule has 0 saturated heterocycles. The Morgan fingerprint density at radius 1 is 1.17 bits per heavy atom. The van der Waals surface area contributed by atoms with Crippen LogP contribution in [0.2, 0.25) is 0 Å². The van der Waals surface area contributed by atoms with E-state index in [0.717, 1.165) is 10.7 Å². The number of nitro benzene ring substituents is 1. The largest absolute Gasteiger partial charge is 0.463 e. The Kier molecular flexibility index (Phi) is 3.40. The first-order valence-electron chi connectivity index (χ1n) is 6.32. The lowest BCUT2D eigenvalue weighted by molar-refractivity contribution is -0.384. The summed E-state index contributed by atoms with van der Waals surface area (Å²) in [4.78, 5) is 10.1. The van der Waals surface area contributed by atoms with Crippen LogP contribution in [-0.4, -0.2) is 14.7 Å². The van der Waals surface area contributed by atoms with Crippen molar-refractivity contribution >= 4 is 5.69 Å². The number of aromatic nitrogens is 2. The van der Waals surface area contributed by atoms with Crippen LogP contribution in [-0.2, 0) is 6.18 Å². The molecule has 6 nitrogen and oxygen atoms in total. The van der Waals surface area contributed by atoms with E-state index >= 15 is 0 Å². The van der Waals surface area contributed by atoms with Gasteiger partial charge in [-0.15, -0.1) is 0 Å². The Morgan fingerprint density at radius 2 is 1.87 bits per heavy atom. The molecule has 0 amide bonds. The van der Waals surface area contributed by atoms with Crippen molar-refractivity contribution in [1.82, 2.24) is 9.78 Å². The highest BCUT2D eigenvalue weighted by Crippen LogP contribution is 2.33. The molecule has 0 fully saturated rings. The molecule has 0 radical (unpaired) electrons. The molecule has 0 unspecified atom stereocenters. The minimum absolute atomic E-state index is 0.0937. The summed E-state index contributed by atoms with van der Waals surface area (Å²) in [6.07, 6.45) is -3.29. The minimum atomic E-state index is -4.62. The second-order valence-corrected chi connectivity index (χ2v) is 4.58. The predicted octanol–water partition coefficient (Wildman–Crippen LogP) is 4.06.